The van der Waals surface area contributed by atoms with Gasteiger partial charge >= 0.3 is 5.97 Å². The summed E-state index contributed by atoms with van der Waals surface area (Å²) in [6, 6.07) is 10.3. The van der Waals surface area contributed by atoms with Gasteiger partial charge < -0.3 is 10.1 Å². The highest BCUT2D eigenvalue weighted by atomic mass is 32.1. The largest absolute Gasteiger partial charge is 0.456 e. The maximum Gasteiger partial charge on any atom is 0.306 e. The van der Waals surface area contributed by atoms with Gasteiger partial charge in [0, 0.05) is 21.7 Å². The fraction of sp³-hybridized carbons (Fsp3) is 0.263. The van der Waals surface area contributed by atoms with Gasteiger partial charge in [-0.15, -0.1) is 11.3 Å². The van der Waals surface area contributed by atoms with Crippen LogP contribution in [0.3, 0.4) is 0 Å². The lowest BCUT2D eigenvalue weighted by Crippen LogP contribution is -2.21. The van der Waals surface area contributed by atoms with Gasteiger partial charge in [-0.05, 0) is 32.0 Å². The molecule has 1 N–H and O–H groups in total. The van der Waals surface area contributed by atoms with Crippen LogP contribution in [-0.2, 0) is 14.3 Å². The number of hydrogen-bond acceptors (Lipinski definition) is 6. The topological polar surface area (TPSA) is 96.3 Å². The van der Waals surface area contributed by atoms with Gasteiger partial charge in [-0.3, -0.25) is 14.4 Å². The van der Waals surface area contributed by atoms with Crippen molar-refractivity contribution < 1.29 is 19.1 Å². The minimum absolute atomic E-state index is 0.0364. The predicted molar refractivity (Wildman–Crippen MR) is 98.1 cm³/mol. The number of rotatable bonds is 7. The average molecular weight is 370 g/mol. The second-order valence-corrected chi connectivity index (χ2v) is 7.08. The summed E-state index contributed by atoms with van der Waals surface area (Å²) in [6.07, 6.45) is -0.0516. The summed E-state index contributed by atoms with van der Waals surface area (Å²) in [4.78, 5) is 37.7. The Morgan fingerprint density at radius 1 is 1.19 bits per heavy atom. The van der Waals surface area contributed by atoms with Crippen molar-refractivity contribution in [2.45, 2.75) is 26.7 Å². The number of thiophene rings is 1. The summed E-state index contributed by atoms with van der Waals surface area (Å²) in [5.74, 6) is -1.28. The molecule has 6 nitrogen and oxygen atoms in total. The van der Waals surface area contributed by atoms with E-state index >= 15 is 0 Å². The predicted octanol–water partition coefficient (Wildman–Crippen LogP) is 3.38. The number of benzene rings is 1. The highest BCUT2D eigenvalue weighted by Crippen LogP contribution is 2.22. The summed E-state index contributed by atoms with van der Waals surface area (Å²) in [6.45, 7) is 3.32. The summed E-state index contributed by atoms with van der Waals surface area (Å²) < 4.78 is 4.89. The van der Waals surface area contributed by atoms with Gasteiger partial charge in [0.15, 0.2) is 12.4 Å². The zero-order valence-electron chi connectivity index (χ0n) is 14.5. The van der Waals surface area contributed by atoms with Crippen LogP contribution < -0.4 is 5.32 Å². The number of carbonyl (C=O) groups is 3. The summed E-state index contributed by atoms with van der Waals surface area (Å²) in [5.41, 5.74) is 1.31. The van der Waals surface area contributed by atoms with Crippen LogP contribution in [0.4, 0.5) is 5.69 Å². The van der Waals surface area contributed by atoms with E-state index in [9.17, 15) is 14.4 Å². The molecule has 2 rings (SSSR count). The molecule has 0 fully saturated rings. The van der Waals surface area contributed by atoms with E-state index in [1.54, 1.807) is 24.3 Å². The van der Waals surface area contributed by atoms with Gasteiger partial charge in [0.2, 0.25) is 0 Å². The number of anilines is 1. The molecule has 1 amide bonds. The Hall–Kier alpha value is -2.98. The molecule has 0 unspecified atom stereocenters. The molecule has 0 saturated heterocycles. The fourth-order valence-corrected chi connectivity index (χ4v) is 3.29. The Bertz CT molecular complexity index is 880. The normalized spacial score (nSPS) is 10.0. The van der Waals surface area contributed by atoms with Crippen molar-refractivity contribution in [2.75, 3.05) is 11.9 Å². The molecule has 0 radical (unpaired) electrons. The third-order valence-electron chi connectivity index (χ3n) is 3.58. The number of ether oxygens (including phenoxy) is 1. The van der Waals surface area contributed by atoms with E-state index < -0.39 is 18.5 Å². The molecular weight excluding hydrogens is 352 g/mol. The van der Waals surface area contributed by atoms with E-state index in [4.69, 9.17) is 10.00 Å². The van der Waals surface area contributed by atoms with Gasteiger partial charge in [-0.2, -0.15) is 5.26 Å². The first-order chi connectivity index (χ1) is 12.4. The first kappa shape index (κ1) is 19.3. The van der Waals surface area contributed by atoms with E-state index in [1.807, 2.05) is 26.0 Å². The van der Waals surface area contributed by atoms with Crippen molar-refractivity contribution in [1.82, 2.24) is 0 Å². The van der Waals surface area contributed by atoms with Crippen LogP contribution in [0.2, 0.25) is 0 Å². The molecule has 134 valence electrons. The van der Waals surface area contributed by atoms with Crippen molar-refractivity contribution in [3.05, 3.63) is 51.2 Å². The average Bonchev–Trinajstić information content (AvgIpc) is 2.96. The standard InChI is InChI=1S/C19H18N2O4S/c1-12-9-15(13(2)26-12)17(22)7-8-19(24)25-11-18(23)21-16-6-4-3-5-14(16)10-20/h3-6,9H,7-8,11H2,1-2H3,(H,21,23). The number of ketones is 1. The first-order valence-corrected chi connectivity index (χ1v) is 8.77. The van der Waals surface area contributed by atoms with Crippen LogP contribution in [0.25, 0.3) is 0 Å². The minimum atomic E-state index is -0.619. The Balaban J connectivity index is 1.78. The lowest BCUT2D eigenvalue weighted by atomic mass is 10.1. The Morgan fingerprint density at radius 2 is 1.92 bits per heavy atom. The molecule has 0 saturated carbocycles. The van der Waals surface area contributed by atoms with Gasteiger partial charge in [0.1, 0.15) is 6.07 Å². The number of nitrogens with one attached hydrogen (secondary N) is 1. The molecule has 26 heavy (non-hydrogen) atoms. The molecule has 2 aromatic rings. The lowest BCUT2D eigenvalue weighted by molar-refractivity contribution is -0.147. The smallest absolute Gasteiger partial charge is 0.306 e. The fourth-order valence-electron chi connectivity index (χ4n) is 2.35. The van der Waals surface area contributed by atoms with E-state index in [0.29, 0.717) is 16.8 Å². The second kappa shape index (κ2) is 8.92. The number of aryl methyl sites for hydroxylation is 2. The van der Waals surface area contributed by atoms with Gasteiger partial charge in [-0.25, -0.2) is 0 Å². The molecule has 7 heteroatoms. The molecule has 0 aliphatic heterocycles. The first-order valence-electron chi connectivity index (χ1n) is 7.95. The molecule has 0 spiro atoms. The number of hydrogen-bond donors (Lipinski definition) is 1. The monoisotopic (exact) mass is 370 g/mol. The number of nitrogens with zero attached hydrogens (tertiary/aromatic N) is 1. The molecule has 0 atom stereocenters. The Labute approximate surface area is 155 Å². The molecule has 1 aromatic heterocycles. The molecule has 0 bridgehead atoms. The summed E-state index contributed by atoms with van der Waals surface area (Å²) >= 11 is 1.54. The Morgan fingerprint density at radius 3 is 2.58 bits per heavy atom. The number of amides is 1. The number of Topliss-reactive ketones (excluding diaryl/α,β-unsaturated/α-hetero) is 1. The van der Waals surface area contributed by atoms with Crippen LogP contribution in [0.1, 0.15) is 38.5 Å². The van der Waals surface area contributed by atoms with Gasteiger partial charge in [-0.1, -0.05) is 12.1 Å². The molecular formula is C19H18N2O4S. The maximum absolute atomic E-state index is 12.1. The van der Waals surface area contributed by atoms with Crippen LogP contribution in [0, 0.1) is 25.2 Å². The number of nitriles is 1. The van der Waals surface area contributed by atoms with Crippen LogP contribution >= 0.6 is 11.3 Å². The molecule has 1 heterocycles. The van der Waals surface area contributed by atoms with Crippen molar-refractivity contribution >= 4 is 34.7 Å². The zero-order valence-corrected chi connectivity index (χ0v) is 15.3. The van der Waals surface area contributed by atoms with Crippen LogP contribution in [0.5, 0.6) is 0 Å². The maximum atomic E-state index is 12.1. The molecule has 0 aliphatic rings. The van der Waals surface area contributed by atoms with Crippen molar-refractivity contribution in [3.63, 3.8) is 0 Å². The molecule has 1 aromatic carbocycles. The van der Waals surface area contributed by atoms with Crippen molar-refractivity contribution in [2.24, 2.45) is 0 Å². The third-order valence-corrected chi connectivity index (χ3v) is 4.55. The highest BCUT2D eigenvalue weighted by Gasteiger charge is 2.15. The quantitative estimate of drug-likeness (QED) is 0.595. The van der Waals surface area contributed by atoms with Crippen molar-refractivity contribution in [3.8, 4) is 6.07 Å². The third kappa shape index (κ3) is 5.26. The van der Waals surface area contributed by atoms with Gasteiger partial charge in [0.25, 0.3) is 5.91 Å². The number of para-hydroxylation sites is 1. The summed E-state index contributed by atoms with van der Waals surface area (Å²) in [7, 11) is 0. The number of esters is 1. The van der Waals surface area contributed by atoms with E-state index in [1.165, 1.54) is 11.3 Å². The van der Waals surface area contributed by atoms with Crippen molar-refractivity contribution in [1.29, 1.82) is 5.26 Å². The lowest BCUT2D eigenvalue weighted by Gasteiger charge is -2.07. The van der Waals surface area contributed by atoms with E-state index in [2.05, 4.69) is 5.32 Å². The zero-order chi connectivity index (χ0) is 19.1. The number of carbonyl (C=O) groups excluding carboxylic acids is 3. The SMILES string of the molecule is Cc1cc(C(=O)CCC(=O)OCC(=O)Nc2ccccc2C#N)c(C)s1. The minimum Gasteiger partial charge on any atom is -0.456 e. The molecule has 0 aliphatic carbocycles. The second-order valence-electron chi connectivity index (χ2n) is 5.62. The van der Waals surface area contributed by atoms with Gasteiger partial charge in [0.05, 0.1) is 17.7 Å². The highest BCUT2D eigenvalue weighted by molar-refractivity contribution is 7.12. The van der Waals surface area contributed by atoms with Crippen LogP contribution in [0.15, 0.2) is 30.3 Å². The van der Waals surface area contributed by atoms with E-state index in [-0.39, 0.29) is 18.6 Å². The van der Waals surface area contributed by atoms with Crippen LogP contribution in [-0.4, -0.2) is 24.3 Å². The van der Waals surface area contributed by atoms with E-state index in [0.717, 1.165) is 9.75 Å². The Kier molecular flexibility index (Phi) is 6.64. The summed E-state index contributed by atoms with van der Waals surface area (Å²) in [5, 5.41) is 11.5.